The van der Waals surface area contributed by atoms with Gasteiger partial charge in [0.15, 0.2) is 0 Å². The number of ether oxygens (including phenoxy) is 1. The lowest BCUT2D eigenvalue weighted by Crippen LogP contribution is -2.45. The van der Waals surface area contributed by atoms with Crippen LogP contribution < -0.4 is 5.32 Å². The lowest BCUT2D eigenvalue weighted by Gasteiger charge is -2.30. The average molecular weight is 384 g/mol. The molecule has 1 heterocycles. The number of rotatable bonds is 4. The molecule has 0 aliphatic carbocycles. The molecular weight excluding hydrogens is 366 g/mol. The van der Waals surface area contributed by atoms with Crippen LogP contribution in [0.3, 0.4) is 0 Å². The third-order valence-electron chi connectivity index (χ3n) is 4.01. The molecular formula is C16H18ClN3O6. The van der Waals surface area contributed by atoms with Crippen LogP contribution in [0.15, 0.2) is 18.2 Å². The number of hydrogen-bond acceptors (Lipinski definition) is 6. The topological polar surface area (TPSA) is 119 Å². The number of nitro benzene ring substituents is 1. The van der Waals surface area contributed by atoms with Crippen LogP contribution in [0.1, 0.15) is 19.8 Å². The van der Waals surface area contributed by atoms with Gasteiger partial charge in [-0.1, -0.05) is 11.6 Å². The Labute approximate surface area is 154 Å². The first-order valence-corrected chi connectivity index (χ1v) is 8.42. The first kappa shape index (κ1) is 19.6. The maximum absolute atomic E-state index is 12.3. The monoisotopic (exact) mass is 383 g/mol. The van der Waals surface area contributed by atoms with Crippen molar-refractivity contribution in [2.75, 3.05) is 25.0 Å². The SMILES string of the molecule is CCOC(=O)C1CCN(C(=O)C(=O)Nc2cc([N+](=O)[O-])ccc2Cl)CC1. The fraction of sp³-hybridized carbons (Fsp3) is 0.438. The van der Waals surface area contributed by atoms with E-state index >= 15 is 0 Å². The molecule has 9 nitrogen and oxygen atoms in total. The molecule has 1 saturated heterocycles. The predicted molar refractivity (Wildman–Crippen MR) is 92.7 cm³/mol. The third kappa shape index (κ3) is 4.69. The number of nitrogens with zero attached hydrogens (tertiary/aromatic N) is 2. The van der Waals surface area contributed by atoms with Gasteiger partial charge in [-0.15, -0.1) is 0 Å². The van der Waals surface area contributed by atoms with E-state index < -0.39 is 16.7 Å². The van der Waals surface area contributed by atoms with Gasteiger partial charge in [-0.2, -0.15) is 0 Å². The summed E-state index contributed by atoms with van der Waals surface area (Å²) in [4.78, 5) is 47.6. The van der Waals surface area contributed by atoms with Crippen molar-refractivity contribution in [3.8, 4) is 0 Å². The molecule has 0 unspecified atom stereocenters. The molecule has 0 bridgehead atoms. The number of esters is 1. The Hall–Kier alpha value is -2.68. The van der Waals surface area contributed by atoms with Crippen LogP contribution >= 0.6 is 11.6 Å². The summed E-state index contributed by atoms with van der Waals surface area (Å²) in [7, 11) is 0. The Balaban J connectivity index is 1.97. The zero-order valence-corrected chi connectivity index (χ0v) is 14.8. The van der Waals surface area contributed by atoms with E-state index in [0.717, 1.165) is 6.07 Å². The Bertz CT molecular complexity index is 731. The normalized spacial score (nSPS) is 14.6. The molecule has 1 aliphatic heterocycles. The highest BCUT2D eigenvalue weighted by molar-refractivity contribution is 6.41. The van der Waals surface area contributed by atoms with Crippen molar-refractivity contribution in [1.29, 1.82) is 0 Å². The Morgan fingerprint density at radius 2 is 2.00 bits per heavy atom. The number of anilines is 1. The van der Waals surface area contributed by atoms with Crippen molar-refractivity contribution in [3.63, 3.8) is 0 Å². The van der Waals surface area contributed by atoms with Gasteiger partial charge in [-0.25, -0.2) is 0 Å². The van der Waals surface area contributed by atoms with Gasteiger partial charge in [-0.05, 0) is 25.8 Å². The number of carbonyl (C=O) groups is 3. The molecule has 1 N–H and O–H groups in total. The molecule has 1 fully saturated rings. The molecule has 26 heavy (non-hydrogen) atoms. The largest absolute Gasteiger partial charge is 0.466 e. The number of carbonyl (C=O) groups excluding carboxylic acids is 3. The van der Waals surface area contributed by atoms with Crippen LogP contribution in [0.4, 0.5) is 11.4 Å². The van der Waals surface area contributed by atoms with Crippen LogP contribution in [0.5, 0.6) is 0 Å². The average Bonchev–Trinajstić information content (AvgIpc) is 2.63. The number of hydrogen-bond donors (Lipinski definition) is 1. The lowest BCUT2D eigenvalue weighted by molar-refractivity contribution is -0.384. The summed E-state index contributed by atoms with van der Waals surface area (Å²) in [5, 5.41) is 13.2. The fourth-order valence-electron chi connectivity index (χ4n) is 2.62. The molecule has 1 aliphatic rings. The van der Waals surface area contributed by atoms with E-state index in [1.807, 2.05) is 0 Å². The van der Waals surface area contributed by atoms with Gasteiger partial charge in [0.05, 0.1) is 28.2 Å². The molecule has 140 valence electrons. The highest BCUT2D eigenvalue weighted by Gasteiger charge is 2.31. The second kappa shape index (κ2) is 8.61. The Morgan fingerprint density at radius 1 is 1.35 bits per heavy atom. The van der Waals surface area contributed by atoms with E-state index in [9.17, 15) is 24.5 Å². The highest BCUT2D eigenvalue weighted by Crippen LogP contribution is 2.27. The maximum atomic E-state index is 12.3. The number of halogens is 1. The number of benzene rings is 1. The minimum absolute atomic E-state index is 0.0133. The summed E-state index contributed by atoms with van der Waals surface area (Å²) in [6.45, 7) is 2.51. The van der Waals surface area contributed by atoms with Crippen molar-refractivity contribution >= 4 is 40.8 Å². The highest BCUT2D eigenvalue weighted by atomic mass is 35.5. The number of nitrogens with one attached hydrogen (secondary N) is 1. The van der Waals surface area contributed by atoms with Crippen LogP contribution in [-0.2, 0) is 19.1 Å². The van der Waals surface area contributed by atoms with E-state index in [1.165, 1.54) is 17.0 Å². The van der Waals surface area contributed by atoms with E-state index in [0.29, 0.717) is 19.4 Å². The maximum Gasteiger partial charge on any atom is 0.313 e. The first-order chi connectivity index (χ1) is 12.3. The molecule has 2 amide bonds. The molecule has 0 atom stereocenters. The third-order valence-corrected chi connectivity index (χ3v) is 4.33. The summed E-state index contributed by atoms with van der Waals surface area (Å²) in [6, 6.07) is 3.55. The number of piperidine rings is 1. The number of non-ortho nitro benzene ring substituents is 1. The standard InChI is InChI=1S/C16H18ClN3O6/c1-2-26-16(23)10-5-7-19(8-6-10)15(22)14(21)18-13-9-11(20(24)25)3-4-12(13)17/h3-4,9-10H,2,5-8H2,1H3,(H,18,21). The van der Waals surface area contributed by atoms with Gasteiger partial charge >= 0.3 is 17.8 Å². The van der Waals surface area contributed by atoms with Crippen molar-refractivity contribution in [1.82, 2.24) is 4.90 Å². The first-order valence-electron chi connectivity index (χ1n) is 8.04. The van der Waals surface area contributed by atoms with Gasteiger partial charge < -0.3 is 15.0 Å². The minimum atomic E-state index is -0.943. The van der Waals surface area contributed by atoms with Crippen LogP contribution in [0.2, 0.25) is 5.02 Å². The van der Waals surface area contributed by atoms with Gasteiger partial charge in [0.2, 0.25) is 0 Å². The van der Waals surface area contributed by atoms with Gasteiger partial charge in [0.25, 0.3) is 5.69 Å². The minimum Gasteiger partial charge on any atom is -0.466 e. The Kier molecular flexibility index (Phi) is 6.51. The molecule has 10 heteroatoms. The summed E-state index contributed by atoms with van der Waals surface area (Å²) in [6.07, 6.45) is 0.824. The molecule has 0 radical (unpaired) electrons. The molecule has 0 spiro atoms. The molecule has 1 aromatic carbocycles. The van der Waals surface area contributed by atoms with Gasteiger partial charge in [0, 0.05) is 25.2 Å². The zero-order chi connectivity index (χ0) is 19.3. The van der Waals surface area contributed by atoms with Crippen molar-refractivity contribution in [3.05, 3.63) is 33.3 Å². The summed E-state index contributed by atoms with van der Waals surface area (Å²) < 4.78 is 4.96. The lowest BCUT2D eigenvalue weighted by atomic mass is 9.97. The molecule has 2 rings (SSSR count). The second-order valence-electron chi connectivity index (χ2n) is 5.69. The van der Waals surface area contributed by atoms with E-state index in [-0.39, 0.29) is 41.4 Å². The van der Waals surface area contributed by atoms with Crippen LogP contribution in [0, 0.1) is 16.0 Å². The summed E-state index contributed by atoms with van der Waals surface area (Å²) in [5.74, 6) is -2.31. The second-order valence-corrected chi connectivity index (χ2v) is 6.10. The summed E-state index contributed by atoms with van der Waals surface area (Å²) >= 11 is 5.91. The van der Waals surface area contributed by atoms with E-state index in [1.54, 1.807) is 6.92 Å². The fourth-order valence-corrected chi connectivity index (χ4v) is 2.79. The molecule has 0 aromatic heterocycles. The van der Waals surface area contributed by atoms with Gasteiger partial charge in [0.1, 0.15) is 0 Å². The summed E-state index contributed by atoms with van der Waals surface area (Å²) in [5.41, 5.74) is -0.270. The number of amides is 2. The van der Waals surface area contributed by atoms with Crippen molar-refractivity contribution in [2.45, 2.75) is 19.8 Å². The molecule has 0 saturated carbocycles. The van der Waals surface area contributed by atoms with Crippen LogP contribution in [0.25, 0.3) is 0 Å². The van der Waals surface area contributed by atoms with E-state index in [4.69, 9.17) is 16.3 Å². The quantitative estimate of drug-likeness (QED) is 0.367. The van der Waals surface area contributed by atoms with Gasteiger partial charge in [-0.3, -0.25) is 24.5 Å². The van der Waals surface area contributed by atoms with E-state index in [2.05, 4.69) is 5.32 Å². The van der Waals surface area contributed by atoms with Crippen molar-refractivity contribution in [2.24, 2.45) is 5.92 Å². The Morgan fingerprint density at radius 3 is 2.58 bits per heavy atom. The smallest absolute Gasteiger partial charge is 0.313 e. The predicted octanol–water partition coefficient (Wildman–Crippen LogP) is 1.99. The number of likely N-dealkylation sites (tertiary alicyclic amines) is 1. The van der Waals surface area contributed by atoms with Crippen LogP contribution in [-0.4, -0.2) is 47.3 Å². The van der Waals surface area contributed by atoms with Crippen molar-refractivity contribution < 1.29 is 24.0 Å². The number of nitro groups is 1. The zero-order valence-electron chi connectivity index (χ0n) is 14.1. The molecule has 1 aromatic rings.